The van der Waals surface area contributed by atoms with Crippen LogP contribution in [0.5, 0.6) is 0 Å². The van der Waals surface area contributed by atoms with Crippen molar-refractivity contribution < 1.29 is 4.79 Å². The lowest BCUT2D eigenvalue weighted by atomic mass is 10.3. The number of carbonyl (C=O) groups excluding carboxylic acids is 1. The van der Waals surface area contributed by atoms with Gasteiger partial charge in [0.15, 0.2) is 11.5 Å². The molecule has 1 amide bonds. The SMILES string of the molecule is CCCN(CCC)C(=O)c1ccc(Nc2cccc(Cl)c2)nn1. The molecule has 1 aromatic heterocycles. The van der Waals surface area contributed by atoms with Crippen LogP contribution in [0.3, 0.4) is 0 Å². The highest BCUT2D eigenvalue weighted by Gasteiger charge is 2.16. The van der Waals surface area contributed by atoms with Crippen molar-refractivity contribution in [3.8, 4) is 0 Å². The predicted molar refractivity (Wildman–Crippen MR) is 93.3 cm³/mol. The van der Waals surface area contributed by atoms with Gasteiger partial charge >= 0.3 is 0 Å². The summed E-state index contributed by atoms with van der Waals surface area (Å²) >= 11 is 5.95. The van der Waals surface area contributed by atoms with Crippen molar-refractivity contribution in [1.82, 2.24) is 15.1 Å². The van der Waals surface area contributed by atoms with E-state index in [1.165, 1.54) is 0 Å². The minimum absolute atomic E-state index is 0.0736. The van der Waals surface area contributed by atoms with Gasteiger partial charge in [-0.1, -0.05) is 31.5 Å². The van der Waals surface area contributed by atoms with Gasteiger partial charge in [0.25, 0.3) is 5.91 Å². The van der Waals surface area contributed by atoms with Crippen LogP contribution >= 0.6 is 11.6 Å². The summed E-state index contributed by atoms with van der Waals surface area (Å²) < 4.78 is 0. The molecule has 0 fully saturated rings. The second-order valence-electron chi connectivity index (χ2n) is 5.23. The zero-order valence-corrected chi connectivity index (χ0v) is 14.2. The highest BCUT2D eigenvalue weighted by Crippen LogP contribution is 2.18. The quantitative estimate of drug-likeness (QED) is 0.828. The third-order valence-corrected chi connectivity index (χ3v) is 3.49. The fraction of sp³-hybridized carbons (Fsp3) is 0.353. The molecule has 0 aliphatic rings. The van der Waals surface area contributed by atoms with Gasteiger partial charge in [-0.2, -0.15) is 0 Å². The maximum absolute atomic E-state index is 12.4. The summed E-state index contributed by atoms with van der Waals surface area (Å²) in [5.74, 6) is 0.497. The summed E-state index contributed by atoms with van der Waals surface area (Å²) in [4.78, 5) is 14.2. The summed E-state index contributed by atoms with van der Waals surface area (Å²) in [6.07, 6.45) is 1.85. The Morgan fingerprint density at radius 2 is 1.87 bits per heavy atom. The highest BCUT2D eigenvalue weighted by molar-refractivity contribution is 6.30. The van der Waals surface area contributed by atoms with Crippen molar-refractivity contribution in [3.63, 3.8) is 0 Å². The van der Waals surface area contributed by atoms with Crippen molar-refractivity contribution in [1.29, 1.82) is 0 Å². The molecule has 23 heavy (non-hydrogen) atoms. The fourth-order valence-corrected chi connectivity index (χ4v) is 2.43. The second kappa shape index (κ2) is 8.48. The Bertz CT molecular complexity index is 639. The molecule has 0 spiro atoms. The maximum atomic E-state index is 12.4. The molecule has 0 saturated heterocycles. The van der Waals surface area contributed by atoms with Crippen molar-refractivity contribution in [3.05, 3.63) is 47.1 Å². The molecule has 1 N–H and O–H groups in total. The number of hydrogen-bond acceptors (Lipinski definition) is 4. The van der Waals surface area contributed by atoms with Crippen LogP contribution in [0.4, 0.5) is 11.5 Å². The number of nitrogens with one attached hydrogen (secondary N) is 1. The fourth-order valence-electron chi connectivity index (χ4n) is 2.24. The first-order valence-corrected chi connectivity index (χ1v) is 8.17. The number of halogens is 1. The van der Waals surface area contributed by atoms with Gasteiger partial charge in [-0.05, 0) is 43.2 Å². The van der Waals surface area contributed by atoms with E-state index in [1.54, 1.807) is 24.3 Å². The number of anilines is 2. The van der Waals surface area contributed by atoms with E-state index < -0.39 is 0 Å². The van der Waals surface area contributed by atoms with Gasteiger partial charge in [0.1, 0.15) is 0 Å². The Balaban J connectivity index is 2.07. The number of aromatic nitrogens is 2. The molecule has 122 valence electrons. The Kier molecular flexibility index (Phi) is 6.35. The van der Waals surface area contributed by atoms with Crippen LogP contribution in [0.25, 0.3) is 0 Å². The van der Waals surface area contributed by atoms with Gasteiger partial charge in [0, 0.05) is 23.8 Å². The van der Waals surface area contributed by atoms with E-state index in [-0.39, 0.29) is 5.91 Å². The molecule has 1 aromatic carbocycles. The molecule has 0 aliphatic heterocycles. The molecule has 5 nitrogen and oxygen atoms in total. The van der Waals surface area contributed by atoms with Gasteiger partial charge < -0.3 is 10.2 Å². The predicted octanol–water partition coefficient (Wildman–Crippen LogP) is 4.14. The Hall–Kier alpha value is -2.14. The molecule has 0 radical (unpaired) electrons. The van der Waals surface area contributed by atoms with Crippen molar-refractivity contribution in [2.24, 2.45) is 0 Å². The number of rotatable bonds is 7. The molecular formula is C17H21ClN4O. The van der Waals surface area contributed by atoms with Crippen molar-refractivity contribution in [2.75, 3.05) is 18.4 Å². The monoisotopic (exact) mass is 332 g/mol. The molecule has 2 aromatic rings. The Morgan fingerprint density at radius 1 is 1.13 bits per heavy atom. The van der Waals surface area contributed by atoms with E-state index in [1.807, 2.05) is 17.0 Å². The topological polar surface area (TPSA) is 58.1 Å². The van der Waals surface area contributed by atoms with Gasteiger partial charge in [-0.25, -0.2) is 0 Å². The first-order chi connectivity index (χ1) is 11.1. The molecular weight excluding hydrogens is 312 g/mol. The van der Waals surface area contributed by atoms with Crippen molar-refractivity contribution >= 4 is 29.0 Å². The lowest BCUT2D eigenvalue weighted by Crippen LogP contribution is -2.33. The first kappa shape index (κ1) is 17.2. The summed E-state index contributed by atoms with van der Waals surface area (Å²) in [7, 11) is 0. The Labute approximate surface area is 141 Å². The normalized spacial score (nSPS) is 10.4. The van der Waals surface area contributed by atoms with Gasteiger partial charge in [0.2, 0.25) is 0 Å². The van der Waals surface area contributed by atoms with Crippen LogP contribution in [0, 0.1) is 0 Å². The summed E-state index contributed by atoms with van der Waals surface area (Å²) in [5, 5.41) is 11.9. The zero-order chi connectivity index (χ0) is 16.7. The van der Waals surface area contributed by atoms with Crippen LogP contribution in [0.1, 0.15) is 37.2 Å². The number of hydrogen-bond donors (Lipinski definition) is 1. The lowest BCUT2D eigenvalue weighted by Gasteiger charge is -2.20. The lowest BCUT2D eigenvalue weighted by molar-refractivity contribution is 0.0748. The molecule has 1 heterocycles. The number of benzene rings is 1. The van der Waals surface area contributed by atoms with E-state index in [9.17, 15) is 4.79 Å². The van der Waals surface area contributed by atoms with Crippen LogP contribution in [0.2, 0.25) is 5.02 Å². The van der Waals surface area contributed by atoms with Gasteiger partial charge in [0.05, 0.1) is 0 Å². The molecule has 0 aliphatic carbocycles. The van der Waals surface area contributed by atoms with E-state index >= 15 is 0 Å². The standard InChI is InChI=1S/C17H21ClN4O/c1-3-10-22(11-4-2)17(23)15-8-9-16(21-20-15)19-14-7-5-6-13(18)12-14/h5-9,12H,3-4,10-11H2,1-2H3,(H,19,21). The number of nitrogens with zero attached hydrogens (tertiary/aromatic N) is 3. The third kappa shape index (κ3) is 4.93. The van der Waals surface area contributed by atoms with Gasteiger partial charge in [-0.3, -0.25) is 4.79 Å². The van der Waals surface area contributed by atoms with Crippen molar-refractivity contribution in [2.45, 2.75) is 26.7 Å². The van der Waals surface area contributed by atoms with Gasteiger partial charge in [-0.15, -0.1) is 10.2 Å². The largest absolute Gasteiger partial charge is 0.339 e. The number of amides is 1. The van der Waals surface area contributed by atoms with Crippen LogP contribution in [-0.2, 0) is 0 Å². The van der Waals surface area contributed by atoms with E-state index in [2.05, 4.69) is 29.4 Å². The molecule has 0 bridgehead atoms. The molecule has 2 rings (SSSR count). The highest BCUT2D eigenvalue weighted by atomic mass is 35.5. The average Bonchev–Trinajstić information content (AvgIpc) is 2.55. The first-order valence-electron chi connectivity index (χ1n) is 7.79. The molecule has 0 atom stereocenters. The van der Waals surface area contributed by atoms with Crippen LogP contribution in [-0.4, -0.2) is 34.1 Å². The second-order valence-corrected chi connectivity index (χ2v) is 5.67. The molecule has 6 heteroatoms. The number of carbonyl (C=O) groups is 1. The zero-order valence-electron chi connectivity index (χ0n) is 13.4. The summed E-state index contributed by atoms with van der Waals surface area (Å²) in [6, 6.07) is 10.8. The summed E-state index contributed by atoms with van der Waals surface area (Å²) in [5.41, 5.74) is 1.19. The van der Waals surface area contributed by atoms with E-state index in [0.29, 0.717) is 16.5 Å². The molecule has 0 unspecified atom stereocenters. The van der Waals surface area contributed by atoms with Crippen LogP contribution < -0.4 is 5.32 Å². The minimum atomic E-state index is -0.0736. The smallest absolute Gasteiger partial charge is 0.274 e. The summed E-state index contributed by atoms with van der Waals surface area (Å²) in [6.45, 7) is 5.58. The maximum Gasteiger partial charge on any atom is 0.274 e. The van der Waals surface area contributed by atoms with E-state index in [4.69, 9.17) is 11.6 Å². The molecule has 0 saturated carbocycles. The van der Waals surface area contributed by atoms with Crippen LogP contribution in [0.15, 0.2) is 36.4 Å². The van der Waals surface area contributed by atoms with E-state index in [0.717, 1.165) is 31.6 Å². The third-order valence-electron chi connectivity index (χ3n) is 3.25. The Morgan fingerprint density at radius 3 is 2.43 bits per heavy atom. The average molecular weight is 333 g/mol. The minimum Gasteiger partial charge on any atom is -0.339 e.